The number of fused-ring (bicyclic) bond motifs is 3. The van der Waals surface area contributed by atoms with Crippen LogP contribution in [0.25, 0.3) is 0 Å². The van der Waals surface area contributed by atoms with E-state index < -0.39 is 5.97 Å². The third kappa shape index (κ3) is 2.36. The van der Waals surface area contributed by atoms with Crippen LogP contribution in [0.4, 0.5) is 0 Å². The number of hydrogen-bond acceptors (Lipinski definition) is 4. The van der Waals surface area contributed by atoms with Gasteiger partial charge in [0.25, 0.3) is 5.97 Å². The second-order valence-corrected chi connectivity index (χ2v) is 4.83. The molecule has 0 amide bonds. The van der Waals surface area contributed by atoms with Crippen molar-refractivity contribution in [2.24, 2.45) is 5.92 Å². The van der Waals surface area contributed by atoms with Crippen molar-refractivity contribution in [3.8, 4) is 5.75 Å². The Labute approximate surface area is 107 Å². The zero-order valence-electron chi connectivity index (χ0n) is 10.6. The van der Waals surface area contributed by atoms with Gasteiger partial charge in [0.05, 0.1) is 26.9 Å². The smallest absolute Gasteiger partial charge is 0.283 e. The van der Waals surface area contributed by atoms with E-state index in [1.807, 2.05) is 18.2 Å². The van der Waals surface area contributed by atoms with E-state index in [1.165, 1.54) is 5.56 Å². The van der Waals surface area contributed by atoms with E-state index in [4.69, 9.17) is 18.9 Å². The van der Waals surface area contributed by atoms with Crippen LogP contribution in [0.3, 0.4) is 0 Å². The first kappa shape index (κ1) is 12.0. The summed E-state index contributed by atoms with van der Waals surface area (Å²) in [5.41, 5.74) is 1.20. The van der Waals surface area contributed by atoms with Gasteiger partial charge in [-0.25, -0.2) is 0 Å². The van der Waals surface area contributed by atoms with Gasteiger partial charge in [0.15, 0.2) is 0 Å². The fourth-order valence-corrected chi connectivity index (χ4v) is 2.35. The normalized spacial score (nSPS) is 30.4. The lowest BCUT2D eigenvalue weighted by molar-refractivity contribution is -0.449. The minimum atomic E-state index is -0.808. The highest BCUT2D eigenvalue weighted by Crippen LogP contribution is 2.33. The largest absolute Gasteiger partial charge is 0.497 e. The second kappa shape index (κ2) is 4.88. The maximum atomic E-state index is 5.67. The molecule has 4 heteroatoms. The lowest BCUT2D eigenvalue weighted by Crippen LogP contribution is -2.54. The Hall–Kier alpha value is -1.10. The van der Waals surface area contributed by atoms with Crippen LogP contribution < -0.4 is 4.74 Å². The first-order chi connectivity index (χ1) is 8.80. The molecule has 3 heterocycles. The van der Waals surface area contributed by atoms with Crippen LogP contribution in [-0.2, 0) is 20.6 Å². The highest BCUT2D eigenvalue weighted by molar-refractivity contribution is 5.28. The Balaban J connectivity index is 1.63. The van der Waals surface area contributed by atoms with Gasteiger partial charge in [0.1, 0.15) is 5.75 Å². The Kier molecular flexibility index (Phi) is 3.24. The van der Waals surface area contributed by atoms with Crippen molar-refractivity contribution >= 4 is 0 Å². The molecule has 0 N–H and O–H groups in total. The molecule has 98 valence electrons. The van der Waals surface area contributed by atoms with E-state index in [9.17, 15) is 0 Å². The highest BCUT2D eigenvalue weighted by atomic mass is 16.9. The lowest BCUT2D eigenvalue weighted by Gasteiger charge is -2.45. The summed E-state index contributed by atoms with van der Waals surface area (Å²) in [5.74, 6) is 0.474. The van der Waals surface area contributed by atoms with Gasteiger partial charge >= 0.3 is 0 Å². The summed E-state index contributed by atoms with van der Waals surface area (Å²) in [5, 5.41) is 0. The second-order valence-electron chi connectivity index (χ2n) is 4.83. The van der Waals surface area contributed by atoms with Gasteiger partial charge in [-0.1, -0.05) is 12.1 Å². The van der Waals surface area contributed by atoms with E-state index in [0.29, 0.717) is 12.3 Å². The SMILES string of the molecule is COc1cccc(CCC23OCC(CO2)CO3)c1. The number of methoxy groups -OCH3 is 1. The summed E-state index contributed by atoms with van der Waals surface area (Å²) < 4.78 is 22.2. The summed E-state index contributed by atoms with van der Waals surface area (Å²) in [6.45, 7) is 2.24. The molecule has 3 saturated heterocycles. The van der Waals surface area contributed by atoms with E-state index in [2.05, 4.69) is 6.07 Å². The molecule has 1 aromatic carbocycles. The van der Waals surface area contributed by atoms with Crippen molar-refractivity contribution in [1.82, 2.24) is 0 Å². The molecule has 18 heavy (non-hydrogen) atoms. The van der Waals surface area contributed by atoms with Crippen molar-refractivity contribution in [3.05, 3.63) is 29.8 Å². The summed E-state index contributed by atoms with van der Waals surface area (Å²) in [7, 11) is 1.68. The molecule has 3 aliphatic rings. The molecular weight excluding hydrogens is 232 g/mol. The van der Waals surface area contributed by atoms with Gasteiger partial charge in [0, 0.05) is 12.3 Å². The Morgan fingerprint density at radius 3 is 2.61 bits per heavy atom. The monoisotopic (exact) mass is 250 g/mol. The van der Waals surface area contributed by atoms with Gasteiger partial charge in [-0.05, 0) is 24.1 Å². The number of benzene rings is 1. The Bertz CT molecular complexity index is 396. The van der Waals surface area contributed by atoms with Crippen molar-refractivity contribution in [3.63, 3.8) is 0 Å². The molecule has 0 saturated carbocycles. The third-order valence-electron chi connectivity index (χ3n) is 3.47. The van der Waals surface area contributed by atoms with Gasteiger partial charge in [-0.3, -0.25) is 0 Å². The molecule has 0 spiro atoms. The fraction of sp³-hybridized carbons (Fsp3) is 0.571. The van der Waals surface area contributed by atoms with Gasteiger partial charge < -0.3 is 18.9 Å². The molecule has 3 fully saturated rings. The van der Waals surface area contributed by atoms with Crippen LogP contribution in [0.15, 0.2) is 24.3 Å². The molecule has 4 nitrogen and oxygen atoms in total. The molecule has 0 radical (unpaired) electrons. The predicted octanol–water partition coefficient (Wildman–Crippen LogP) is 1.97. The van der Waals surface area contributed by atoms with Gasteiger partial charge in [-0.15, -0.1) is 0 Å². The molecule has 0 aliphatic carbocycles. The van der Waals surface area contributed by atoms with Crippen LogP contribution in [-0.4, -0.2) is 32.9 Å². The number of rotatable bonds is 4. The van der Waals surface area contributed by atoms with E-state index in [-0.39, 0.29) is 0 Å². The molecule has 3 aliphatic heterocycles. The summed E-state index contributed by atoms with van der Waals surface area (Å²) in [6, 6.07) is 8.04. The Morgan fingerprint density at radius 2 is 1.94 bits per heavy atom. The molecule has 0 unspecified atom stereocenters. The molecular formula is C14H18O4. The number of ether oxygens (including phenoxy) is 4. The highest BCUT2D eigenvalue weighted by Gasteiger charge is 2.44. The zero-order chi connectivity index (χ0) is 12.4. The lowest BCUT2D eigenvalue weighted by atomic mass is 10.1. The third-order valence-corrected chi connectivity index (χ3v) is 3.47. The van der Waals surface area contributed by atoms with Crippen LogP contribution >= 0.6 is 0 Å². The molecule has 4 rings (SSSR count). The zero-order valence-corrected chi connectivity index (χ0v) is 10.6. The average Bonchev–Trinajstić information content (AvgIpc) is 2.47. The standard InChI is InChI=1S/C14H18O4/c1-15-13-4-2-3-11(7-13)5-6-14-16-8-12(9-17-14)10-18-14/h2-4,7,12H,5-6,8-10H2,1H3. The van der Waals surface area contributed by atoms with Gasteiger partial charge in [-0.2, -0.15) is 0 Å². The van der Waals surface area contributed by atoms with Crippen LogP contribution in [0, 0.1) is 5.92 Å². The van der Waals surface area contributed by atoms with E-state index in [1.54, 1.807) is 7.11 Å². The molecule has 1 aromatic rings. The maximum absolute atomic E-state index is 5.67. The minimum absolute atomic E-state index is 0.406. The maximum Gasteiger partial charge on any atom is 0.283 e. The average molecular weight is 250 g/mol. The topological polar surface area (TPSA) is 36.9 Å². The van der Waals surface area contributed by atoms with Crippen molar-refractivity contribution < 1.29 is 18.9 Å². The number of hydrogen-bond donors (Lipinski definition) is 0. The number of aryl methyl sites for hydroxylation is 1. The molecule has 0 aromatic heterocycles. The molecule has 2 bridgehead atoms. The first-order valence-corrected chi connectivity index (χ1v) is 6.34. The van der Waals surface area contributed by atoms with Crippen molar-refractivity contribution in [2.45, 2.75) is 18.8 Å². The quantitative estimate of drug-likeness (QED) is 0.818. The van der Waals surface area contributed by atoms with Crippen LogP contribution in [0.1, 0.15) is 12.0 Å². The van der Waals surface area contributed by atoms with Crippen molar-refractivity contribution in [2.75, 3.05) is 26.9 Å². The molecule has 0 atom stereocenters. The minimum Gasteiger partial charge on any atom is -0.497 e. The first-order valence-electron chi connectivity index (χ1n) is 6.34. The van der Waals surface area contributed by atoms with E-state index in [0.717, 1.165) is 32.0 Å². The summed E-state index contributed by atoms with van der Waals surface area (Å²) >= 11 is 0. The van der Waals surface area contributed by atoms with Crippen LogP contribution in [0.5, 0.6) is 5.75 Å². The summed E-state index contributed by atoms with van der Waals surface area (Å²) in [4.78, 5) is 0. The van der Waals surface area contributed by atoms with Gasteiger partial charge in [0.2, 0.25) is 0 Å². The van der Waals surface area contributed by atoms with Crippen LogP contribution in [0.2, 0.25) is 0 Å². The van der Waals surface area contributed by atoms with Crippen molar-refractivity contribution in [1.29, 1.82) is 0 Å². The predicted molar refractivity (Wildman–Crippen MR) is 65.4 cm³/mol. The fourth-order valence-electron chi connectivity index (χ4n) is 2.35. The van der Waals surface area contributed by atoms with E-state index >= 15 is 0 Å². The summed E-state index contributed by atoms with van der Waals surface area (Å²) in [6.07, 6.45) is 1.56. The Morgan fingerprint density at radius 1 is 1.22 bits per heavy atom.